The molecule has 1 aromatic heterocycles. The molecule has 0 aliphatic carbocycles. The number of sulfonamides is 1. The first-order valence-corrected chi connectivity index (χ1v) is 11.1. The number of rotatable bonds is 6. The summed E-state index contributed by atoms with van der Waals surface area (Å²) in [6.07, 6.45) is 4.28. The standard InChI is InChI=1S/C22H23N3O4S/c1-14-8-17-9-16(4-6-21(17)29-14)11-25-30(26,27)19-5-7-22(28-3)20(10-19)18-12-23-15(2)24-13-18/h4-7,9-10,12-14,25H,8,11H2,1-3H3. The highest BCUT2D eigenvalue weighted by atomic mass is 32.2. The predicted molar refractivity (Wildman–Crippen MR) is 113 cm³/mol. The second-order valence-electron chi connectivity index (χ2n) is 7.28. The normalized spacial score (nSPS) is 15.5. The third kappa shape index (κ3) is 4.15. The summed E-state index contributed by atoms with van der Waals surface area (Å²) in [5, 5.41) is 0. The summed E-state index contributed by atoms with van der Waals surface area (Å²) in [5.74, 6) is 2.06. The van der Waals surface area contributed by atoms with Crippen LogP contribution in [0.1, 0.15) is 23.9 Å². The van der Waals surface area contributed by atoms with Gasteiger partial charge in [-0.15, -0.1) is 0 Å². The molecule has 0 saturated heterocycles. The lowest BCUT2D eigenvalue weighted by atomic mass is 10.1. The molecule has 1 aliphatic heterocycles. The van der Waals surface area contributed by atoms with E-state index in [1.807, 2.05) is 25.1 Å². The maximum atomic E-state index is 12.9. The summed E-state index contributed by atoms with van der Waals surface area (Å²) in [4.78, 5) is 8.53. The smallest absolute Gasteiger partial charge is 0.240 e. The van der Waals surface area contributed by atoms with Gasteiger partial charge in [0.15, 0.2) is 0 Å². The lowest BCUT2D eigenvalue weighted by molar-refractivity contribution is 0.254. The van der Waals surface area contributed by atoms with Crippen molar-refractivity contribution in [3.05, 3.63) is 65.7 Å². The Morgan fingerprint density at radius 3 is 2.67 bits per heavy atom. The van der Waals surface area contributed by atoms with E-state index in [2.05, 4.69) is 14.7 Å². The van der Waals surface area contributed by atoms with Gasteiger partial charge < -0.3 is 9.47 Å². The Hall–Kier alpha value is -2.97. The number of hydrogen-bond donors (Lipinski definition) is 1. The molecule has 0 radical (unpaired) electrons. The summed E-state index contributed by atoms with van der Waals surface area (Å²) in [6, 6.07) is 10.5. The minimum atomic E-state index is -3.72. The molecule has 0 fully saturated rings. The number of nitrogens with zero attached hydrogens (tertiary/aromatic N) is 2. The van der Waals surface area contributed by atoms with Gasteiger partial charge in [0.2, 0.25) is 10.0 Å². The Balaban J connectivity index is 1.57. The Labute approximate surface area is 176 Å². The Morgan fingerprint density at radius 1 is 1.17 bits per heavy atom. The van der Waals surface area contributed by atoms with E-state index in [0.717, 1.165) is 23.3 Å². The summed E-state index contributed by atoms with van der Waals surface area (Å²) in [7, 11) is -2.18. The first kappa shape index (κ1) is 20.3. The zero-order valence-electron chi connectivity index (χ0n) is 17.0. The van der Waals surface area contributed by atoms with Gasteiger partial charge in [0.05, 0.1) is 12.0 Å². The molecule has 0 amide bonds. The first-order valence-electron chi connectivity index (χ1n) is 9.61. The summed E-state index contributed by atoms with van der Waals surface area (Å²) in [5.41, 5.74) is 3.28. The molecular formula is C22H23N3O4S. The van der Waals surface area contributed by atoms with Gasteiger partial charge in [-0.1, -0.05) is 12.1 Å². The van der Waals surface area contributed by atoms with Crippen molar-refractivity contribution in [3.63, 3.8) is 0 Å². The lowest BCUT2D eigenvalue weighted by Crippen LogP contribution is -2.23. The average molecular weight is 426 g/mol. The van der Waals surface area contributed by atoms with Crippen molar-refractivity contribution in [2.75, 3.05) is 7.11 Å². The molecule has 30 heavy (non-hydrogen) atoms. The molecule has 2 aromatic carbocycles. The molecule has 8 heteroatoms. The van der Waals surface area contributed by atoms with Crippen LogP contribution in [0.2, 0.25) is 0 Å². The van der Waals surface area contributed by atoms with E-state index < -0.39 is 10.0 Å². The van der Waals surface area contributed by atoms with Crippen LogP contribution in [0.5, 0.6) is 11.5 Å². The quantitative estimate of drug-likeness (QED) is 0.652. The number of ether oxygens (including phenoxy) is 2. The van der Waals surface area contributed by atoms with Gasteiger partial charge in [-0.25, -0.2) is 23.1 Å². The minimum absolute atomic E-state index is 0.149. The highest BCUT2D eigenvalue weighted by molar-refractivity contribution is 7.89. The number of methoxy groups -OCH3 is 1. The van der Waals surface area contributed by atoms with Crippen LogP contribution in [0.4, 0.5) is 0 Å². The van der Waals surface area contributed by atoms with Gasteiger partial charge in [0.25, 0.3) is 0 Å². The van der Waals surface area contributed by atoms with Crippen molar-refractivity contribution < 1.29 is 17.9 Å². The van der Waals surface area contributed by atoms with Gasteiger partial charge in [0.1, 0.15) is 23.4 Å². The maximum Gasteiger partial charge on any atom is 0.240 e. The van der Waals surface area contributed by atoms with Crippen molar-refractivity contribution in [1.29, 1.82) is 0 Å². The Morgan fingerprint density at radius 2 is 1.93 bits per heavy atom. The molecule has 0 bridgehead atoms. The van der Waals surface area contributed by atoms with Gasteiger partial charge in [0, 0.05) is 36.5 Å². The topological polar surface area (TPSA) is 90.4 Å². The van der Waals surface area contributed by atoms with Crippen LogP contribution in [-0.4, -0.2) is 31.6 Å². The third-order valence-corrected chi connectivity index (χ3v) is 6.40. The van der Waals surface area contributed by atoms with E-state index in [1.54, 1.807) is 38.6 Å². The molecule has 3 aromatic rings. The molecule has 2 heterocycles. The number of fused-ring (bicyclic) bond motifs is 1. The van der Waals surface area contributed by atoms with Crippen molar-refractivity contribution in [1.82, 2.24) is 14.7 Å². The predicted octanol–water partition coefficient (Wildman–Crippen LogP) is 3.26. The Bertz CT molecular complexity index is 1180. The van der Waals surface area contributed by atoms with Crippen molar-refractivity contribution in [3.8, 4) is 22.6 Å². The van der Waals surface area contributed by atoms with E-state index in [4.69, 9.17) is 9.47 Å². The van der Waals surface area contributed by atoms with Crippen molar-refractivity contribution in [2.24, 2.45) is 0 Å². The fraction of sp³-hybridized carbons (Fsp3) is 0.273. The second-order valence-corrected chi connectivity index (χ2v) is 9.05. The molecule has 0 spiro atoms. The van der Waals surface area contributed by atoms with Crippen LogP contribution < -0.4 is 14.2 Å². The second kappa shape index (κ2) is 8.04. The molecule has 1 aliphatic rings. The molecule has 0 saturated carbocycles. The van der Waals surface area contributed by atoms with Gasteiger partial charge in [-0.2, -0.15) is 0 Å². The van der Waals surface area contributed by atoms with Gasteiger partial charge in [-0.05, 0) is 49.2 Å². The van der Waals surface area contributed by atoms with E-state index in [-0.39, 0.29) is 17.5 Å². The highest BCUT2D eigenvalue weighted by Crippen LogP contribution is 2.32. The minimum Gasteiger partial charge on any atom is -0.496 e. The Kier molecular flexibility index (Phi) is 5.44. The van der Waals surface area contributed by atoms with Crippen molar-refractivity contribution >= 4 is 10.0 Å². The van der Waals surface area contributed by atoms with E-state index in [1.165, 1.54) is 6.07 Å². The first-order chi connectivity index (χ1) is 14.4. The van der Waals surface area contributed by atoms with Crippen LogP contribution in [-0.2, 0) is 23.0 Å². The van der Waals surface area contributed by atoms with E-state index in [9.17, 15) is 8.42 Å². The number of benzene rings is 2. The molecule has 1 unspecified atom stereocenters. The van der Waals surface area contributed by atoms with Crippen LogP contribution >= 0.6 is 0 Å². The van der Waals surface area contributed by atoms with Crippen LogP contribution in [0.25, 0.3) is 11.1 Å². The largest absolute Gasteiger partial charge is 0.496 e. The number of hydrogen-bond acceptors (Lipinski definition) is 6. The van der Waals surface area contributed by atoms with Crippen LogP contribution in [0, 0.1) is 6.92 Å². The molecule has 7 nitrogen and oxygen atoms in total. The van der Waals surface area contributed by atoms with Crippen LogP contribution in [0.15, 0.2) is 53.7 Å². The molecule has 1 atom stereocenters. The maximum absolute atomic E-state index is 12.9. The number of aryl methyl sites for hydroxylation is 1. The fourth-order valence-corrected chi connectivity index (χ4v) is 4.50. The summed E-state index contributed by atoms with van der Waals surface area (Å²) in [6.45, 7) is 4.00. The third-order valence-electron chi connectivity index (χ3n) is 5.00. The average Bonchev–Trinajstić information content (AvgIpc) is 3.11. The van der Waals surface area contributed by atoms with Crippen molar-refractivity contribution in [2.45, 2.75) is 37.8 Å². The number of aromatic nitrogens is 2. The highest BCUT2D eigenvalue weighted by Gasteiger charge is 2.21. The zero-order chi connectivity index (χ0) is 21.3. The molecule has 4 rings (SSSR count). The van der Waals surface area contributed by atoms with Gasteiger partial charge >= 0.3 is 0 Å². The van der Waals surface area contributed by atoms with Crippen LogP contribution in [0.3, 0.4) is 0 Å². The lowest BCUT2D eigenvalue weighted by Gasteiger charge is -2.12. The summed E-state index contributed by atoms with van der Waals surface area (Å²) >= 11 is 0. The molecule has 1 N–H and O–H groups in total. The fourth-order valence-electron chi connectivity index (χ4n) is 3.46. The summed E-state index contributed by atoms with van der Waals surface area (Å²) < 4.78 is 39.6. The molecule has 156 valence electrons. The zero-order valence-corrected chi connectivity index (χ0v) is 17.9. The molecular weight excluding hydrogens is 402 g/mol. The number of nitrogens with one attached hydrogen (secondary N) is 1. The van der Waals surface area contributed by atoms with E-state index >= 15 is 0 Å². The van der Waals surface area contributed by atoms with E-state index in [0.29, 0.717) is 22.7 Å². The SMILES string of the molecule is COc1ccc(S(=O)(=O)NCc2ccc3c(c2)CC(C)O3)cc1-c1cnc(C)nc1. The van der Waals surface area contributed by atoms with Gasteiger partial charge in [-0.3, -0.25) is 0 Å². The monoisotopic (exact) mass is 425 g/mol.